The van der Waals surface area contributed by atoms with Gasteiger partial charge in [-0.15, -0.1) is 5.10 Å². The average molecular weight is 417 g/mol. The lowest BCUT2D eigenvalue weighted by atomic mass is 10.2. The first-order valence-electron chi connectivity index (χ1n) is 9.45. The van der Waals surface area contributed by atoms with Crippen LogP contribution in [0.3, 0.4) is 0 Å². The number of quaternary nitrogens is 1. The van der Waals surface area contributed by atoms with E-state index in [1.54, 1.807) is 12.4 Å². The predicted octanol–water partition coefficient (Wildman–Crippen LogP) is 1.91. The van der Waals surface area contributed by atoms with Gasteiger partial charge in [0.15, 0.2) is 12.5 Å². The van der Waals surface area contributed by atoms with Crippen molar-refractivity contribution >= 4 is 29.8 Å². The van der Waals surface area contributed by atoms with Gasteiger partial charge < -0.3 is 14.4 Å². The number of nitrogens with zero attached hydrogens (tertiary/aromatic N) is 6. The molecule has 9 heteroatoms. The van der Waals surface area contributed by atoms with E-state index >= 15 is 0 Å². The number of hydrogen-bond donors (Lipinski definition) is 1. The van der Waals surface area contributed by atoms with Crippen LogP contribution in [0.25, 0.3) is 11.4 Å². The van der Waals surface area contributed by atoms with Crippen LogP contribution in [0.2, 0.25) is 5.02 Å². The number of aromatic nitrogens is 5. The van der Waals surface area contributed by atoms with Crippen LogP contribution >= 0.6 is 23.8 Å². The molecule has 0 spiro atoms. The maximum Gasteiger partial charge on any atom is 0.225 e. The van der Waals surface area contributed by atoms with Crippen molar-refractivity contribution in [2.75, 3.05) is 31.1 Å². The fourth-order valence-electron chi connectivity index (χ4n) is 3.49. The van der Waals surface area contributed by atoms with Gasteiger partial charge in [0.05, 0.1) is 26.2 Å². The quantitative estimate of drug-likeness (QED) is 0.644. The molecule has 0 amide bonds. The Morgan fingerprint density at radius 1 is 1.11 bits per heavy atom. The molecule has 4 rings (SSSR count). The van der Waals surface area contributed by atoms with Crippen LogP contribution in [0.1, 0.15) is 6.92 Å². The van der Waals surface area contributed by atoms with Gasteiger partial charge >= 0.3 is 0 Å². The van der Waals surface area contributed by atoms with Gasteiger partial charge in [-0.25, -0.2) is 9.97 Å². The van der Waals surface area contributed by atoms with Crippen LogP contribution in [0.4, 0.5) is 5.95 Å². The molecule has 0 radical (unpaired) electrons. The molecule has 0 aliphatic carbocycles. The third kappa shape index (κ3) is 3.94. The van der Waals surface area contributed by atoms with Crippen molar-refractivity contribution in [1.29, 1.82) is 0 Å². The van der Waals surface area contributed by atoms with E-state index in [2.05, 4.69) is 26.4 Å². The second-order valence-corrected chi connectivity index (χ2v) is 7.60. The first-order chi connectivity index (χ1) is 13.7. The molecule has 2 aromatic heterocycles. The topological polar surface area (TPSA) is 56.2 Å². The van der Waals surface area contributed by atoms with Crippen molar-refractivity contribution in [3.05, 3.63) is 52.5 Å². The van der Waals surface area contributed by atoms with Gasteiger partial charge in [-0.05, 0) is 49.5 Å². The minimum absolute atomic E-state index is 0.717. The van der Waals surface area contributed by atoms with Crippen molar-refractivity contribution in [2.45, 2.75) is 20.1 Å². The maximum atomic E-state index is 6.02. The third-order valence-electron chi connectivity index (χ3n) is 5.02. The van der Waals surface area contributed by atoms with Gasteiger partial charge in [0, 0.05) is 29.5 Å². The molecule has 0 unspecified atom stereocenters. The zero-order chi connectivity index (χ0) is 19.5. The monoisotopic (exact) mass is 416 g/mol. The SMILES string of the molecule is CCn1c(-c2ccc(Cl)cc2)nn(C[NH+]2CCN(c3ncccn3)CC2)c1=S. The maximum absolute atomic E-state index is 6.02. The molecule has 1 saturated heterocycles. The van der Waals surface area contributed by atoms with Crippen molar-refractivity contribution in [3.8, 4) is 11.4 Å². The normalized spacial score (nSPS) is 15.1. The number of anilines is 1. The molecule has 1 fully saturated rings. The molecular weight excluding hydrogens is 394 g/mol. The largest absolute Gasteiger partial charge is 0.330 e. The van der Waals surface area contributed by atoms with E-state index in [1.165, 1.54) is 4.90 Å². The summed E-state index contributed by atoms with van der Waals surface area (Å²) in [7, 11) is 0. The number of benzene rings is 1. The zero-order valence-electron chi connectivity index (χ0n) is 15.8. The molecule has 1 N–H and O–H groups in total. The molecular formula is C19H23ClN7S+. The Morgan fingerprint density at radius 3 is 2.43 bits per heavy atom. The summed E-state index contributed by atoms with van der Waals surface area (Å²) in [5.41, 5.74) is 1.03. The van der Waals surface area contributed by atoms with Crippen LogP contribution in [-0.4, -0.2) is 50.5 Å². The Kier molecular flexibility index (Phi) is 5.70. The molecule has 0 bridgehead atoms. The third-order valence-corrected chi connectivity index (χ3v) is 5.70. The molecule has 1 aliphatic heterocycles. The second kappa shape index (κ2) is 8.38. The van der Waals surface area contributed by atoms with Gasteiger partial charge in [-0.3, -0.25) is 0 Å². The fourth-order valence-corrected chi connectivity index (χ4v) is 3.94. The second-order valence-electron chi connectivity index (χ2n) is 6.80. The minimum Gasteiger partial charge on any atom is -0.330 e. The Bertz CT molecular complexity index is 976. The highest BCUT2D eigenvalue weighted by Crippen LogP contribution is 2.20. The summed E-state index contributed by atoms with van der Waals surface area (Å²) in [5.74, 6) is 1.69. The molecule has 7 nitrogen and oxygen atoms in total. The molecule has 1 aromatic carbocycles. The van der Waals surface area contributed by atoms with Crippen molar-refractivity contribution in [2.24, 2.45) is 0 Å². The summed E-state index contributed by atoms with van der Waals surface area (Å²) in [5, 5.41) is 5.54. The molecule has 146 valence electrons. The van der Waals surface area contributed by atoms with Crippen LogP contribution < -0.4 is 9.80 Å². The number of rotatable bonds is 5. The smallest absolute Gasteiger partial charge is 0.225 e. The first-order valence-corrected chi connectivity index (χ1v) is 10.2. The summed E-state index contributed by atoms with van der Waals surface area (Å²) < 4.78 is 4.78. The van der Waals surface area contributed by atoms with Gasteiger partial charge in [0.25, 0.3) is 0 Å². The number of piperazine rings is 1. The molecule has 3 aromatic rings. The summed E-state index contributed by atoms with van der Waals surface area (Å²) in [6.45, 7) is 7.47. The van der Waals surface area contributed by atoms with Crippen LogP contribution in [0.15, 0.2) is 42.7 Å². The average Bonchev–Trinajstić information content (AvgIpc) is 3.05. The van der Waals surface area contributed by atoms with Crippen LogP contribution in [0, 0.1) is 4.77 Å². The van der Waals surface area contributed by atoms with Gasteiger partial charge in [-0.2, -0.15) is 4.68 Å². The summed E-state index contributed by atoms with van der Waals surface area (Å²) >= 11 is 11.7. The molecule has 0 saturated carbocycles. The summed E-state index contributed by atoms with van der Waals surface area (Å²) in [6.07, 6.45) is 3.58. The van der Waals surface area contributed by atoms with Gasteiger partial charge in [0.1, 0.15) is 0 Å². The van der Waals surface area contributed by atoms with E-state index in [1.807, 2.05) is 35.0 Å². The Labute approximate surface area is 174 Å². The first kappa shape index (κ1) is 19.0. The summed E-state index contributed by atoms with van der Waals surface area (Å²) in [6, 6.07) is 9.59. The van der Waals surface area contributed by atoms with E-state index in [9.17, 15) is 0 Å². The van der Waals surface area contributed by atoms with E-state index in [-0.39, 0.29) is 0 Å². The lowest BCUT2D eigenvalue weighted by molar-refractivity contribution is -0.924. The minimum atomic E-state index is 0.717. The highest BCUT2D eigenvalue weighted by molar-refractivity contribution is 7.71. The lowest BCUT2D eigenvalue weighted by Crippen LogP contribution is -3.14. The molecule has 3 heterocycles. The fraction of sp³-hybridized carbons (Fsp3) is 0.368. The molecule has 1 aliphatic rings. The van der Waals surface area contributed by atoms with Crippen molar-refractivity contribution in [3.63, 3.8) is 0 Å². The zero-order valence-corrected chi connectivity index (χ0v) is 17.3. The number of halogens is 1. The van der Waals surface area contributed by atoms with Crippen LogP contribution in [0.5, 0.6) is 0 Å². The molecule has 28 heavy (non-hydrogen) atoms. The van der Waals surface area contributed by atoms with E-state index in [0.29, 0.717) is 0 Å². The van der Waals surface area contributed by atoms with E-state index in [4.69, 9.17) is 28.9 Å². The number of hydrogen-bond acceptors (Lipinski definition) is 5. The summed E-state index contributed by atoms with van der Waals surface area (Å²) in [4.78, 5) is 12.4. The standard InChI is InChI=1S/C19H22ClN7S/c1-2-26-17(15-4-6-16(20)7-5-15)23-27(19(26)28)14-24-10-12-25(13-11-24)18-21-8-3-9-22-18/h3-9H,2,10-14H2,1H3/p+1. The highest BCUT2D eigenvalue weighted by atomic mass is 35.5. The predicted molar refractivity (Wildman–Crippen MR) is 112 cm³/mol. The van der Waals surface area contributed by atoms with Gasteiger partial charge in [-0.1, -0.05) is 11.6 Å². The Balaban J connectivity index is 1.48. The van der Waals surface area contributed by atoms with Gasteiger partial charge in [0.2, 0.25) is 10.7 Å². The Morgan fingerprint density at radius 2 is 1.79 bits per heavy atom. The van der Waals surface area contributed by atoms with E-state index < -0.39 is 0 Å². The van der Waals surface area contributed by atoms with Crippen molar-refractivity contribution in [1.82, 2.24) is 24.3 Å². The lowest BCUT2D eigenvalue weighted by Gasteiger charge is -2.31. The van der Waals surface area contributed by atoms with Crippen LogP contribution in [-0.2, 0) is 13.2 Å². The Hall–Kier alpha value is -2.29. The molecule has 0 atom stereocenters. The number of nitrogens with one attached hydrogen (secondary N) is 1. The van der Waals surface area contributed by atoms with E-state index in [0.717, 1.165) is 66.5 Å². The van der Waals surface area contributed by atoms with Crippen molar-refractivity contribution < 1.29 is 4.90 Å². The highest BCUT2D eigenvalue weighted by Gasteiger charge is 2.23.